The monoisotopic (exact) mass is 277 g/mol. The second-order valence-electron chi connectivity index (χ2n) is 5.19. The van der Waals surface area contributed by atoms with Crippen molar-refractivity contribution >= 4 is 0 Å². The molecule has 20 heavy (non-hydrogen) atoms. The zero-order valence-electron chi connectivity index (χ0n) is 11.7. The van der Waals surface area contributed by atoms with Gasteiger partial charge >= 0.3 is 0 Å². The first kappa shape index (κ1) is 13.3. The number of nitrogens with zero attached hydrogens (tertiary/aromatic N) is 4. The Kier molecular flexibility index (Phi) is 3.56. The van der Waals surface area contributed by atoms with E-state index >= 15 is 0 Å². The average Bonchev–Trinajstić information content (AvgIpc) is 3.09. The fraction of sp³-hybridized carbons (Fsp3) is 0.538. The summed E-state index contributed by atoms with van der Waals surface area (Å²) in [4.78, 5) is 8.96. The van der Waals surface area contributed by atoms with Crippen molar-refractivity contribution in [1.29, 1.82) is 0 Å². The van der Waals surface area contributed by atoms with Gasteiger partial charge in [0.05, 0.1) is 12.6 Å². The van der Waals surface area contributed by atoms with E-state index in [0.29, 0.717) is 29.8 Å². The van der Waals surface area contributed by atoms with Crippen molar-refractivity contribution in [3.8, 4) is 11.7 Å². The number of hydrogen-bond donors (Lipinski definition) is 1. The van der Waals surface area contributed by atoms with E-state index in [0.717, 1.165) is 19.6 Å². The van der Waals surface area contributed by atoms with Gasteiger partial charge in [-0.3, -0.25) is 4.90 Å². The van der Waals surface area contributed by atoms with Gasteiger partial charge in [-0.15, -0.1) is 0 Å². The fourth-order valence-electron chi connectivity index (χ4n) is 2.36. The van der Waals surface area contributed by atoms with Crippen LogP contribution in [0.4, 0.5) is 0 Å². The molecule has 3 rings (SSSR count). The number of piperazine rings is 1. The molecule has 2 aromatic rings. The number of aromatic nitrogens is 2. The Balaban J connectivity index is 1.82. The lowest BCUT2D eigenvalue weighted by Gasteiger charge is -2.35. The highest BCUT2D eigenvalue weighted by Gasteiger charge is 2.28. The minimum absolute atomic E-state index is 0.148. The van der Waals surface area contributed by atoms with E-state index in [-0.39, 0.29) is 6.04 Å². The summed E-state index contributed by atoms with van der Waals surface area (Å²) < 4.78 is 10.8. The Bertz CT molecular complexity index is 579. The maximum atomic E-state index is 5.52. The number of nitrogens with two attached hydrogens (primary N) is 1. The van der Waals surface area contributed by atoms with Crippen LogP contribution in [0.1, 0.15) is 17.6 Å². The molecule has 0 amide bonds. The molecular weight excluding hydrogens is 258 g/mol. The minimum Gasteiger partial charge on any atom is -0.455 e. The highest BCUT2D eigenvalue weighted by molar-refractivity contribution is 5.44. The van der Waals surface area contributed by atoms with Crippen LogP contribution < -0.4 is 5.73 Å². The van der Waals surface area contributed by atoms with Crippen molar-refractivity contribution < 1.29 is 8.94 Å². The fourth-order valence-corrected chi connectivity index (χ4v) is 2.36. The van der Waals surface area contributed by atoms with Gasteiger partial charge in [0.2, 0.25) is 0 Å². The third-order valence-electron chi connectivity index (χ3n) is 3.66. The summed E-state index contributed by atoms with van der Waals surface area (Å²) >= 11 is 0. The van der Waals surface area contributed by atoms with Gasteiger partial charge in [0.25, 0.3) is 5.89 Å². The largest absolute Gasteiger partial charge is 0.455 e. The average molecular weight is 277 g/mol. The van der Waals surface area contributed by atoms with E-state index in [9.17, 15) is 0 Å². The molecule has 1 fully saturated rings. The first-order valence-corrected chi connectivity index (χ1v) is 6.69. The molecule has 2 aromatic heterocycles. The van der Waals surface area contributed by atoms with Crippen LogP contribution in [0.5, 0.6) is 0 Å². The highest BCUT2D eigenvalue weighted by atomic mass is 16.5. The van der Waals surface area contributed by atoms with Crippen molar-refractivity contribution in [2.75, 3.05) is 33.7 Å². The molecule has 0 spiro atoms. The van der Waals surface area contributed by atoms with Crippen LogP contribution in [0.3, 0.4) is 0 Å². The molecule has 1 atom stereocenters. The first-order valence-electron chi connectivity index (χ1n) is 6.69. The van der Waals surface area contributed by atoms with Crippen LogP contribution in [-0.2, 0) is 6.54 Å². The molecule has 2 N–H and O–H groups in total. The van der Waals surface area contributed by atoms with E-state index in [1.54, 1.807) is 6.07 Å². The van der Waals surface area contributed by atoms with Crippen molar-refractivity contribution in [3.05, 3.63) is 23.7 Å². The Labute approximate surface area is 117 Å². The number of likely N-dealkylation sites (N-methyl/N-ethyl adjacent to an activating group) is 2. The zero-order valence-corrected chi connectivity index (χ0v) is 11.7. The number of hydrogen-bond acceptors (Lipinski definition) is 7. The lowest BCUT2D eigenvalue weighted by atomic mass is 10.2. The molecule has 1 aliphatic rings. The normalized spacial score (nSPS) is 21.4. The lowest BCUT2D eigenvalue weighted by molar-refractivity contribution is 0.108. The predicted octanol–water partition coefficient (Wildman–Crippen LogP) is 0.707. The molecule has 0 aliphatic carbocycles. The van der Waals surface area contributed by atoms with Crippen molar-refractivity contribution in [2.45, 2.75) is 12.6 Å². The Hall–Kier alpha value is -1.70. The Morgan fingerprint density at radius 2 is 2.20 bits per heavy atom. The quantitative estimate of drug-likeness (QED) is 0.884. The summed E-state index contributed by atoms with van der Waals surface area (Å²) in [6.07, 6.45) is 0. The summed E-state index contributed by atoms with van der Waals surface area (Å²) in [5, 5.41) is 4.09. The predicted molar refractivity (Wildman–Crippen MR) is 72.8 cm³/mol. The lowest BCUT2D eigenvalue weighted by Crippen LogP contribution is -2.45. The highest BCUT2D eigenvalue weighted by Crippen LogP contribution is 2.25. The smallest absolute Gasteiger partial charge is 0.293 e. The van der Waals surface area contributed by atoms with Crippen LogP contribution >= 0.6 is 0 Å². The van der Waals surface area contributed by atoms with Crippen LogP contribution in [0, 0.1) is 0 Å². The summed E-state index contributed by atoms with van der Waals surface area (Å²) in [7, 11) is 4.17. The second kappa shape index (κ2) is 5.35. The van der Waals surface area contributed by atoms with Gasteiger partial charge in [-0.2, -0.15) is 4.98 Å². The van der Waals surface area contributed by atoms with Gasteiger partial charge in [-0.05, 0) is 26.2 Å². The molecule has 1 aliphatic heterocycles. The van der Waals surface area contributed by atoms with Gasteiger partial charge in [-0.25, -0.2) is 0 Å². The third-order valence-corrected chi connectivity index (χ3v) is 3.66. The molecule has 7 heteroatoms. The molecule has 0 radical (unpaired) electrons. The van der Waals surface area contributed by atoms with Crippen LogP contribution in [-0.4, -0.2) is 53.7 Å². The Morgan fingerprint density at radius 1 is 1.35 bits per heavy atom. The molecule has 7 nitrogen and oxygen atoms in total. The Morgan fingerprint density at radius 3 is 2.95 bits per heavy atom. The maximum Gasteiger partial charge on any atom is 0.293 e. The molecule has 1 saturated heterocycles. The van der Waals surface area contributed by atoms with E-state index in [4.69, 9.17) is 14.7 Å². The first-order chi connectivity index (χ1) is 9.67. The summed E-state index contributed by atoms with van der Waals surface area (Å²) in [5.74, 6) is 2.37. The molecule has 0 bridgehead atoms. The van der Waals surface area contributed by atoms with E-state index in [2.05, 4.69) is 34.0 Å². The number of rotatable bonds is 3. The van der Waals surface area contributed by atoms with Crippen LogP contribution in [0.15, 0.2) is 21.1 Å². The molecule has 1 unspecified atom stereocenters. The second-order valence-corrected chi connectivity index (χ2v) is 5.19. The molecule has 0 saturated carbocycles. The van der Waals surface area contributed by atoms with Crippen molar-refractivity contribution in [3.63, 3.8) is 0 Å². The van der Waals surface area contributed by atoms with Crippen LogP contribution in [0.2, 0.25) is 0 Å². The van der Waals surface area contributed by atoms with Gasteiger partial charge in [0, 0.05) is 19.6 Å². The summed E-state index contributed by atoms with van der Waals surface area (Å²) in [5.41, 5.74) is 5.52. The minimum atomic E-state index is 0.148. The molecule has 0 aromatic carbocycles. The third kappa shape index (κ3) is 2.47. The van der Waals surface area contributed by atoms with E-state index < -0.39 is 0 Å². The van der Waals surface area contributed by atoms with Gasteiger partial charge in [-0.1, -0.05) is 5.16 Å². The van der Waals surface area contributed by atoms with Crippen molar-refractivity contribution in [2.24, 2.45) is 5.73 Å². The molecule has 108 valence electrons. The molecular formula is C13H19N5O2. The maximum absolute atomic E-state index is 5.52. The number of furan rings is 1. The zero-order chi connectivity index (χ0) is 14.1. The van der Waals surface area contributed by atoms with Crippen LogP contribution in [0.25, 0.3) is 11.7 Å². The van der Waals surface area contributed by atoms with E-state index in [1.807, 2.05) is 6.07 Å². The van der Waals surface area contributed by atoms with E-state index in [1.165, 1.54) is 0 Å². The van der Waals surface area contributed by atoms with Crippen molar-refractivity contribution in [1.82, 2.24) is 19.9 Å². The molecule has 3 heterocycles. The van der Waals surface area contributed by atoms with Gasteiger partial charge in [0.1, 0.15) is 5.76 Å². The summed E-state index contributed by atoms with van der Waals surface area (Å²) in [6, 6.07) is 3.77. The SMILES string of the molecule is CN1CCN(C)C(c2noc(-c3ccc(CN)o3)n2)C1. The topological polar surface area (TPSA) is 84.6 Å². The van der Waals surface area contributed by atoms with Gasteiger partial charge in [0.15, 0.2) is 11.6 Å². The summed E-state index contributed by atoms with van der Waals surface area (Å²) in [6.45, 7) is 3.29. The van der Waals surface area contributed by atoms with Gasteiger partial charge < -0.3 is 19.6 Å². The standard InChI is InChI=1S/C13H19N5O2/c1-17-5-6-18(2)10(8-17)12-15-13(20-16-12)11-4-3-9(7-14)19-11/h3-4,10H,5-8,14H2,1-2H3.